The Hall–Kier alpha value is -2.17. The van der Waals surface area contributed by atoms with Gasteiger partial charge in [-0.3, -0.25) is 19.3 Å². The lowest BCUT2D eigenvalue weighted by atomic mass is 10.1. The molecule has 0 fully saturated rings. The van der Waals surface area contributed by atoms with Gasteiger partial charge < -0.3 is 4.74 Å². The lowest BCUT2D eigenvalue weighted by molar-refractivity contribution is -0.147. The predicted octanol–water partition coefficient (Wildman–Crippen LogP) is 2.26. The number of nitrogens with zero attached hydrogens (tertiary/aromatic N) is 1. The third-order valence-electron chi connectivity index (χ3n) is 3.59. The van der Waals surface area contributed by atoms with Crippen LogP contribution >= 0.6 is 0 Å². The van der Waals surface area contributed by atoms with Gasteiger partial charge >= 0.3 is 5.97 Å². The van der Waals surface area contributed by atoms with Gasteiger partial charge in [-0.05, 0) is 31.9 Å². The van der Waals surface area contributed by atoms with Gasteiger partial charge in [-0.15, -0.1) is 0 Å². The maximum absolute atomic E-state index is 12.1. The summed E-state index contributed by atoms with van der Waals surface area (Å²) < 4.78 is 4.93. The van der Waals surface area contributed by atoms with E-state index in [0.29, 0.717) is 37.1 Å². The average Bonchev–Trinajstić information content (AvgIpc) is 2.73. The largest absolute Gasteiger partial charge is 0.466 e. The molecule has 5 heteroatoms. The number of rotatable bonds is 6. The van der Waals surface area contributed by atoms with Crippen LogP contribution in [0.3, 0.4) is 0 Å². The number of esters is 1. The molecule has 0 bridgehead atoms. The van der Waals surface area contributed by atoms with E-state index in [4.69, 9.17) is 4.74 Å². The lowest BCUT2D eigenvalue weighted by Crippen LogP contribution is -2.31. The first-order chi connectivity index (χ1) is 10.1. The molecule has 0 N–H and O–H groups in total. The van der Waals surface area contributed by atoms with Gasteiger partial charge in [0.2, 0.25) is 0 Å². The monoisotopic (exact) mass is 289 g/mol. The molecule has 0 spiro atoms. The van der Waals surface area contributed by atoms with Crippen LogP contribution < -0.4 is 0 Å². The van der Waals surface area contributed by atoms with E-state index in [2.05, 4.69) is 0 Å². The van der Waals surface area contributed by atoms with Crippen molar-refractivity contribution < 1.29 is 19.1 Å². The average molecular weight is 289 g/mol. The highest BCUT2D eigenvalue weighted by Crippen LogP contribution is 2.23. The van der Waals surface area contributed by atoms with Gasteiger partial charge in [0.05, 0.1) is 23.7 Å². The van der Waals surface area contributed by atoms with Crippen LogP contribution in [0.1, 0.15) is 47.4 Å². The minimum absolute atomic E-state index is 0.222. The third kappa shape index (κ3) is 3.12. The Kier molecular flexibility index (Phi) is 4.73. The minimum atomic E-state index is -0.251. The molecule has 1 aliphatic rings. The topological polar surface area (TPSA) is 63.7 Å². The molecule has 112 valence electrons. The Labute approximate surface area is 123 Å². The summed E-state index contributed by atoms with van der Waals surface area (Å²) in [5.74, 6) is -0.959. The number of ether oxygens (including phenoxy) is 1. The molecule has 0 unspecified atom stereocenters. The van der Waals surface area contributed by atoms with Crippen molar-refractivity contribution in [1.82, 2.24) is 4.90 Å². The van der Waals surface area contributed by atoms with Gasteiger partial charge in [0.1, 0.15) is 0 Å². The van der Waals surface area contributed by atoms with Crippen LogP contribution in [-0.4, -0.2) is 35.8 Å². The lowest BCUT2D eigenvalue weighted by Gasteiger charge is -2.15. The number of imide groups is 1. The molecule has 0 aromatic heterocycles. The fourth-order valence-electron chi connectivity index (χ4n) is 2.40. The highest BCUT2D eigenvalue weighted by Gasteiger charge is 2.34. The minimum Gasteiger partial charge on any atom is -0.466 e. The van der Waals surface area contributed by atoms with Gasteiger partial charge in [-0.2, -0.15) is 0 Å². The smallest absolute Gasteiger partial charge is 0.308 e. The molecule has 2 amide bonds. The Morgan fingerprint density at radius 2 is 1.76 bits per heavy atom. The number of fused-ring (bicyclic) bond motifs is 1. The summed E-state index contributed by atoms with van der Waals surface area (Å²) in [6, 6.07) is 6.82. The molecule has 21 heavy (non-hydrogen) atoms. The van der Waals surface area contributed by atoms with Crippen molar-refractivity contribution in [3.63, 3.8) is 0 Å². The first-order valence-corrected chi connectivity index (χ1v) is 7.18. The molecule has 0 saturated carbocycles. The highest BCUT2D eigenvalue weighted by molar-refractivity contribution is 6.21. The first-order valence-electron chi connectivity index (χ1n) is 7.18. The van der Waals surface area contributed by atoms with Crippen LogP contribution in [0.15, 0.2) is 24.3 Å². The second-order valence-corrected chi connectivity index (χ2v) is 5.10. The van der Waals surface area contributed by atoms with Gasteiger partial charge in [0.15, 0.2) is 0 Å². The van der Waals surface area contributed by atoms with E-state index in [1.807, 2.05) is 0 Å². The quantitative estimate of drug-likeness (QED) is 0.595. The van der Waals surface area contributed by atoms with Gasteiger partial charge in [-0.1, -0.05) is 19.1 Å². The van der Waals surface area contributed by atoms with Crippen molar-refractivity contribution >= 4 is 17.8 Å². The third-order valence-corrected chi connectivity index (χ3v) is 3.59. The zero-order valence-corrected chi connectivity index (χ0v) is 12.3. The molecule has 1 heterocycles. The summed E-state index contributed by atoms with van der Waals surface area (Å²) in [6.45, 7) is 4.25. The number of carbonyl (C=O) groups is 3. The van der Waals surface area contributed by atoms with Gasteiger partial charge in [0.25, 0.3) is 11.8 Å². The Bertz CT molecular complexity index is 532. The van der Waals surface area contributed by atoms with E-state index in [0.717, 1.165) is 0 Å². The predicted molar refractivity (Wildman–Crippen MR) is 76.8 cm³/mol. The van der Waals surface area contributed by atoms with Crippen LogP contribution in [0.25, 0.3) is 0 Å². The Balaban J connectivity index is 1.90. The van der Waals surface area contributed by atoms with Crippen molar-refractivity contribution in [2.75, 3.05) is 13.2 Å². The van der Waals surface area contributed by atoms with Crippen LogP contribution in [-0.2, 0) is 9.53 Å². The van der Waals surface area contributed by atoms with Crippen LogP contribution in [0, 0.1) is 5.92 Å². The van der Waals surface area contributed by atoms with Crippen molar-refractivity contribution in [3.05, 3.63) is 35.4 Å². The fraction of sp³-hybridized carbons (Fsp3) is 0.438. The zero-order chi connectivity index (χ0) is 15.4. The molecule has 1 aromatic rings. The standard InChI is InChI=1S/C16H19NO4/c1-3-21-16(20)11(2)7-6-10-17-14(18)12-8-4-5-9-13(12)15(17)19/h4-5,8-9,11H,3,6-7,10H2,1-2H3/t11-/m0/s1. The van der Waals surface area contributed by atoms with Crippen LogP contribution in [0.2, 0.25) is 0 Å². The summed E-state index contributed by atoms with van der Waals surface area (Å²) >= 11 is 0. The Morgan fingerprint density at radius 1 is 1.19 bits per heavy atom. The highest BCUT2D eigenvalue weighted by atomic mass is 16.5. The van der Waals surface area contributed by atoms with Gasteiger partial charge in [-0.25, -0.2) is 0 Å². The SMILES string of the molecule is CCOC(=O)[C@@H](C)CCCN1C(=O)c2ccccc2C1=O. The second kappa shape index (κ2) is 6.52. The molecular weight excluding hydrogens is 270 g/mol. The maximum Gasteiger partial charge on any atom is 0.308 e. The number of benzene rings is 1. The molecule has 1 aromatic carbocycles. The molecule has 0 saturated heterocycles. The van der Waals surface area contributed by atoms with Gasteiger partial charge in [0, 0.05) is 6.54 Å². The molecule has 0 radical (unpaired) electrons. The summed E-state index contributed by atoms with van der Waals surface area (Å²) in [4.78, 5) is 37.0. The van der Waals surface area contributed by atoms with E-state index in [1.165, 1.54) is 4.90 Å². The summed E-state index contributed by atoms with van der Waals surface area (Å²) in [5, 5.41) is 0. The van der Waals surface area contributed by atoms with Crippen molar-refractivity contribution in [2.24, 2.45) is 5.92 Å². The van der Waals surface area contributed by atoms with Crippen LogP contribution in [0.4, 0.5) is 0 Å². The number of carbonyl (C=O) groups excluding carboxylic acids is 3. The van der Waals surface area contributed by atoms with Crippen molar-refractivity contribution in [1.29, 1.82) is 0 Å². The number of hydrogen-bond donors (Lipinski definition) is 0. The summed E-state index contributed by atoms with van der Waals surface area (Å²) in [6.07, 6.45) is 1.18. The summed E-state index contributed by atoms with van der Waals surface area (Å²) in [7, 11) is 0. The number of hydrogen-bond acceptors (Lipinski definition) is 4. The zero-order valence-electron chi connectivity index (χ0n) is 12.3. The Morgan fingerprint density at radius 3 is 2.29 bits per heavy atom. The summed E-state index contributed by atoms with van der Waals surface area (Å²) in [5.41, 5.74) is 0.918. The van der Waals surface area contributed by atoms with Crippen molar-refractivity contribution in [3.8, 4) is 0 Å². The fourth-order valence-corrected chi connectivity index (χ4v) is 2.40. The van der Waals surface area contributed by atoms with E-state index < -0.39 is 0 Å². The van der Waals surface area contributed by atoms with E-state index >= 15 is 0 Å². The van der Waals surface area contributed by atoms with E-state index in [9.17, 15) is 14.4 Å². The maximum atomic E-state index is 12.1. The van der Waals surface area contributed by atoms with E-state index in [1.54, 1.807) is 38.1 Å². The molecule has 0 aliphatic carbocycles. The van der Waals surface area contributed by atoms with Crippen LogP contribution in [0.5, 0.6) is 0 Å². The first kappa shape index (κ1) is 15.2. The van der Waals surface area contributed by atoms with Crippen molar-refractivity contribution in [2.45, 2.75) is 26.7 Å². The second-order valence-electron chi connectivity index (χ2n) is 5.10. The molecule has 1 atom stereocenters. The molecule has 5 nitrogen and oxygen atoms in total. The number of amides is 2. The molecule has 2 rings (SSSR count). The molecular formula is C16H19NO4. The molecule has 1 aliphatic heterocycles. The van der Waals surface area contributed by atoms with E-state index in [-0.39, 0.29) is 23.7 Å². The normalized spacial score (nSPS) is 15.0.